The summed E-state index contributed by atoms with van der Waals surface area (Å²) in [6, 6.07) is 15.7. The molecule has 0 bridgehead atoms. The third kappa shape index (κ3) is 5.17. The first-order valence-corrected chi connectivity index (χ1v) is 10.5. The summed E-state index contributed by atoms with van der Waals surface area (Å²) >= 11 is 0. The third-order valence-corrected chi connectivity index (χ3v) is 5.98. The van der Waals surface area contributed by atoms with Crippen LogP contribution in [0.2, 0.25) is 0 Å². The van der Waals surface area contributed by atoms with Crippen molar-refractivity contribution in [3.05, 3.63) is 78.6 Å². The summed E-state index contributed by atoms with van der Waals surface area (Å²) in [5, 5.41) is 13.9. The summed E-state index contributed by atoms with van der Waals surface area (Å²) in [5.41, 5.74) is 2.82. The summed E-state index contributed by atoms with van der Waals surface area (Å²) in [6.07, 6.45) is 4.09. The molecule has 9 nitrogen and oxygen atoms in total. The summed E-state index contributed by atoms with van der Waals surface area (Å²) in [7, 11) is -2.60. The van der Waals surface area contributed by atoms with E-state index in [0.29, 0.717) is 5.56 Å². The van der Waals surface area contributed by atoms with Crippen LogP contribution in [0, 0.1) is 0 Å². The van der Waals surface area contributed by atoms with Gasteiger partial charge in [-0.1, -0.05) is 24.3 Å². The molecule has 0 saturated heterocycles. The Morgan fingerprint density at radius 3 is 2.61 bits per heavy atom. The van der Waals surface area contributed by atoms with E-state index in [0.717, 1.165) is 4.31 Å². The van der Waals surface area contributed by atoms with E-state index in [9.17, 15) is 18.3 Å². The van der Waals surface area contributed by atoms with Crippen molar-refractivity contribution >= 4 is 27.8 Å². The molecule has 0 saturated carbocycles. The Morgan fingerprint density at radius 2 is 1.94 bits per heavy atom. The van der Waals surface area contributed by atoms with E-state index >= 15 is 0 Å². The normalized spacial score (nSPS) is 11.3. The first-order valence-electron chi connectivity index (χ1n) is 9.09. The van der Waals surface area contributed by atoms with Crippen LogP contribution in [0.15, 0.2) is 83.1 Å². The number of methoxy groups -OCH3 is 1. The smallest absolute Gasteiger partial charge is 0.264 e. The van der Waals surface area contributed by atoms with Gasteiger partial charge in [-0.05, 0) is 36.4 Å². The molecule has 0 aliphatic heterocycles. The van der Waals surface area contributed by atoms with E-state index in [1.54, 1.807) is 48.5 Å². The van der Waals surface area contributed by atoms with Crippen LogP contribution in [-0.2, 0) is 14.8 Å². The number of aromatic hydroxyl groups is 1. The highest BCUT2D eigenvalue weighted by molar-refractivity contribution is 7.92. The van der Waals surface area contributed by atoms with Crippen LogP contribution in [0.25, 0.3) is 0 Å². The zero-order valence-electron chi connectivity index (χ0n) is 16.5. The predicted molar refractivity (Wildman–Crippen MR) is 116 cm³/mol. The number of pyridine rings is 1. The summed E-state index contributed by atoms with van der Waals surface area (Å²) in [6.45, 7) is -0.523. The lowest BCUT2D eigenvalue weighted by Crippen LogP contribution is -2.39. The number of carbonyl (C=O) groups is 1. The van der Waals surface area contributed by atoms with Crippen LogP contribution in [0.5, 0.6) is 11.5 Å². The van der Waals surface area contributed by atoms with Gasteiger partial charge in [-0.2, -0.15) is 5.10 Å². The molecule has 0 fully saturated rings. The van der Waals surface area contributed by atoms with Gasteiger partial charge in [0.15, 0.2) is 11.5 Å². The van der Waals surface area contributed by atoms with Gasteiger partial charge in [-0.25, -0.2) is 13.8 Å². The Hall–Kier alpha value is -3.92. The van der Waals surface area contributed by atoms with Crippen molar-refractivity contribution in [2.45, 2.75) is 4.90 Å². The maximum atomic E-state index is 13.1. The molecule has 0 aliphatic rings. The average molecular weight is 440 g/mol. The molecule has 1 heterocycles. The molecule has 0 unspecified atom stereocenters. The molecule has 0 atom stereocenters. The van der Waals surface area contributed by atoms with E-state index in [4.69, 9.17) is 4.74 Å². The fourth-order valence-electron chi connectivity index (χ4n) is 2.68. The van der Waals surface area contributed by atoms with Crippen molar-refractivity contribution in [2.75, 3.05) is 18.0 Å². The number of nitrogens with one attached hydrogen (secondary N) is 1. The van der Waals surface area contributed by atoms with Gasteiger partial charge in [-0.15, -0.1) is 0 Å². The van der Waals surface area contributed by atoms with Crippen LogP contribution >= 0.6 is 0 Å². The van der Waals surface area contributed by atoms with Crippen LogP contribution in [0.1, 0.15) is 5.56 Å². The minimum atomic E-state index is -4.02. The molecule has 0 spiro atoms. The third-order valence-electron chi connectivity index (χ3n) is 4.20. The largest absolute Gasteiger partial charge is 0.504 e. The highest BCUT2D eigenvalue weighted by Crippen LogP contribution is 2.28. The molecule has 31 heavy (non-hydrogen) atoms. The van der Waals surface area contributed by atoms with Gasteiger partial charge in [0.1, 0.15) is 6.54 Å². The zero-order valence-corrected chi connectivity index (χ0v) is 17.4. The number of rotatable bonds is 8. The number of ether oxygens (including phenoxy) is 1. The average Bonchev–Trinajstić information content (AvgIpc) is 2.79. The number of hydrazone groups is 1. The standard InChI is InChI=1S/C21H20N4O5S/c1-30-19-11-5-7-16(21(19)27)13-23-24-20(26)15-25(17-8-6-12-22-14-17)31(28,29)18-9-3-2-4-10-18/h2-14,27H,15H2,1H3,(H,24,26)/b23-13-. The second kappa shape index (κ2) is 9.72. The Kier molecular flexibility index (Phi) is 6.83. The predicted octanol–water partition coefficient (Wildman–Crippen LogP) is 2.14. The number of anilines is 1. The summed E-state index contributed by atoms with van der Waals surface area (Å²) < 4.78 is 32.2. The van der Waals surface area contributed by atoms with Gasteiger partial charge in [0.2, 0.25) is 0 Å². The van der Waals surface area contributed by atoms with Crippen molar-refractivity contribution in [3.8, 4) is 11.5 Å². The lowest BCUT2D eigenvalue weighted by molar-refractivity contribution is -0.119. The Balaban J connectivity index is 1.80. The maximum Gasteiger partial charge on any atom is 0.264 e. The van der Waals surface area contributed by atoms with Gasteiger partial charge in [0.25, 0.3) is 15.9 Å². The lowest BCUT2D eigenvalue weighted by atomic mass is 10.2. The second-order valence-corrected chi connectivity index (χ2v) is 8.09. The molecule has 0 aliphatic carbocycles. The van der Waals surface area contributed by atoms with Crippen molar-refractivity contribution in [1.82, 2.24) is 10.4 Å². The highest BCUT2D eigenvalue weighted by atomic mass is 32.2. The number of aromatic nitrogens is 1. The highest BCUT2D eigenvalue weighted by Gasteiger charge is 2.27. The van der Waals surface area contributed by atoms with Crippen molar-refractivity contribution < 1.29 is 23.1 Å². The Bertz CT molecular complexity index is 1170. The van der Waals surface area contributed by atoms with Crippen LogP contribution < -0.4 is 14.5 Å². The van der Waals surface area contributed by atoms with Gasteiger partial charge in [0, 0.05) is 11.8 Å². The quantitative estimate of drug-likeness (QED) is 0.409. The first kappa shape index (κ1) is 21.8. The zero-order chi connectivity index (χ0) is 22.3. The van der Waals surface area contributed by atoms with Crippen molar-refractivity contribution in [2.24, 2.45) is 5.10 Å². The van der Waals surface area contributed by atoms with Crippen LogP contribution in [0.4, 0.5) is 5.69 Å². The molecular formula is C21H20N4O5S. The lowest BCUT2D eigenvalue weighted by Gasteiger charge is -2.23. The number of benzene rings is 2. The summed E-state index contributed by atoms with van der Waals surface area (Å²) in [5.74, 6) is -0.555. The van der Waals surface area contributed by atoms with Gasteiger partial charge in [-0.3, -0.25) is 14.1 Å². The van der Waals surface area contributed by atoms with Gasteiger partial charge >= 0.3 is 0 Å². The van der Waals surface area contributed by atoms with E-state index in [1.165, 1.54) is 37.9 Å². The summed E-state index contributed by atoms with van der Waals surface area (Å²) in [4.78, 5) is 16.4. The van der Waals surface area contributed by atoms with Crippen LogP contribution in [-0.4, -0.2) is 44.3 Å². The number of phenolic OH excluding ortho intramolecular Hbond substituents is 1. The van der Waals surface area contributed by atoms with Crippen molar-refractivity contribution in [1.29, 1.82) is 0 Å². The number of hydrogen-bond donors (Lipinski definition) is 2. The molecule has 1 aromatic heterocycles. The Morgan fingerprint density at radius 1 is 1.16 bits per heavy atom. The topological polar surface area (TPSA) is 121 Å². The van der Waals surface area contributed by atoms with E-state index in [1.807, 2.05) is 0 Å². The maximum absolute atomic E-state index is 13.1. The van der Waals surface area contributed by atoms with E-state index in [-0.39, 0.29) is 22.1 Å². The Labute approximate surface area is 179 Å². The molecule has 2 aromatic carbocycles. The number of phenols is 1. The van der Waals surface area contributed by atoms with Crippen molar-refractivity contribution in [3.63, 3.8) is 0 Å². The number of sulfonamides is 1. The first-order chi connectivity index (χ1) is 14.9. The molecule has 0 radical (unpaired) electrons. The number of hydrogen-bond acceptors (Lipinski definition) is 7. The second-order valence-electron chi connectivity index (χ2n) is 6.23. The van der Waals surface area contributed by atoms with E-state index < -0.39 is 22.5 Å². The van der Waals surface area contributed by atoms with Gasteiger partial charge in [0.05, 0.1) is 30.1 Å². The molecule has 3 aromatic rings. The molecule has 2 N–H and O–H groups in total. The van der Waals surface area contributed by atoms with E-state index in [2.05, 4.69) is 15.5 Å². The molecule has 10 heteroatoms. The number of carbonyl (C=O) groups excluding carboxylic acids is 1. The minimum Gasteiger partial charge on any atom is -0.504 e. The number of para-hydroxylation sites is 1. The number of amides is 1. The van der Waals surface area contributed by atoms with Gasteiger partial charge < -0.3 is 9.84 Å². The molecule has 3 rings (SSSR count). The molecule has 160 valence electrons. The number of nitrogens with zero attached hydrogens (tertiary/aromatic N) is 3. The molecular weight excluding hydrogens is 420 g/mol. The molecule has 1 amide bonds. The minimum absolute atomic E-state index is 0.0384. The fourth-order valence-corrected chi connectivity index (χ4v) is 4.11. The SMILES string of the molecule is COc1cccc(/C=N\NC(=O)CN(c2cccnc2)S(=O)(=O)c2ccccc2)c1O. The van der Waals surface area contributed by atoms with Crippen LogP contribution in [0.3, 0.4) is 0 Å². The fraction of sp³-hybridized carbons (Fsp3) is 0.0952. The monoisotopic (exact) mass is 440 g/mol.